The normalized spacial score (nSPS) is 10.1. The Morgan fingerprint density at radius 3 is 2.54 bits per heavy atom. The van der Waals surface area contributed by atoms with Gasteiger partial charge >= 0.3 is 5.97 Å². The first-order valence-corrected chi connectivity index (χ1v) is 4.15. The molecule has 0 atom stereocenters. The molecule has 13 heavy (non-hydrogen) atoms. The highest BCUT2D eigenvalue weighted by Gasteiger charge is 2.10. The third kappa shape index (κ3) is 2.48. The summed E-state index contributed by atoms with van der Waals surface area (Å²) in [6.07, 6.45) is -0.518. The third-order valence-corrected chi connectivity index (χ3v) is 2.04. The van der Waals surface area contributed by atoms with Crippen LogP contribution in [0.4, 0.5) is 8.78 Å². The molecule has 0 aromatic heterocycles. The molecule has 70 valence electrons. The highest BCUT2D eigenvalue weighted by atomic mass is 79.9. The van der Waals surface area contributed by atoms with Crippen molar-refractivity contribution in [1.29, 1.82) is 0 Å². The number of hydrogen-bond donors (Lipinski definition) is 1. The number of rotatable bonds is 2. The van der Waals surface area contributed by atoms with E-state index in [1.165, 1.54) is 0 Å². The minimum atomic E-state index is -1.19. The molecule has 0 heterocycles. The maximum Gasteiger partial charge on any atom is 0.307 e. The standard InChI is InChI=1S/C8H5BrF2O2/c9-5-3-6(10)4(1-7(5)11)2-8(12)13/h1,3H,2H2,(H,12,13). The van der Waals surface area contributed by atoms with Gasteiger partial charge in [0.25, 0.3) is 0 Å². The van der Waals surface area contributed by atoms with Crippen LogP contribution in [0, 0.1) is 11.6 Å². The number of benzene rings is 1. The van der Waals surface area contributed by atoms with E-state index in [0.717, 1.165) is 12.1 Å². The zero-order valence-electron chi connectivity index (χ0n) is 6.35. The lowest BCUT2D eigenvalue weighted by Gasteiger charge is -2.01. The minimum absolute atomic E-state index is 0.0147. The highest BCUT2D eigenvalue weighted by Crippen LogP contribution is 2.20. The van der Waals surface area contributed by atoms with Crippen LogP contribution in [-0.2, 0) is 11.2 Å². The Balaban J connectivity index is 3.08. The van der Waals surface area contributed by atoms with Crippen LogP contribution in [-0.4, -0.2) is 11.1 Å². The van der Waals surface area contributed by atoms with Gasteiger partial charge in [0.2, 0.25) is 0 Å². The second kappa shape index (κ2) is 3.83. The Kier molecular flexibility index (Phi) is 2.98. The fourth-order valence-corrected chi connectivity index (χ4v) is 1.18. The van der Waals surface area contributed by atoms with Crippen LogP contribution in [0.15, 0.2) is 16.6 Å². The summed E-state index contributed by atoms with van der Waals surface area (Å²) in [6.45, 7) is 0. The van der Waals surface area contributed by atoms with Crippen molar-refractivity contribution in [3.8, 4) is 0 Å². The number of carboxylic acid groups (broad SMARTS) is 1. The smallest absolute Gasteiger partial charge is 0.307 e. The van der Waals surface area contributed by atoms with E-state index < -0.39 is 24.0 Å². The number of aliphatic carboxylic acids is 1. The summed E-state index contributed by atoms with van der Waals surface area (Å²) in [5.41, 5.74) is -0.159. The van der Waals surface area contributed by atoms with Crippen molar-refractivity contribution in [3.63, 3.8) is 0 Å². The topological polar surface area (TPSA) is 37.3 Å². The molecule has 1 aromatic carbocycles. The minimum Gasteiger partial charge on any atom is -0.481 e. The quantitative estimate of drug-likeness (QED) is 0.819. The summed E-state index contributed by atoms with van der Waals surface area (Å²) in [6, 6.07) is 1.78. The predicted molar refractivity (Wildman–Crippen MR) is 45.4 cm³/mol. The van der Waals surface area contributed by atoms with Gasteiger partial charge in [-0.25, -0.2) is 8.78 Å². The number of hydrogen-bond acceptors (Lipinski definition) is 1. The summed E-state index contributed by atoms with van der Waals surface area (Å²) < 4.78 is 25.7. The van der Waals surface area contributed by atoms with Gasteiger partial charge in [0.05, 0.1) is 10.9 Å². The summed E-state index contributed by atoms with van der Waals surface area (Å²) in [5.74, 6) is -2.59. The van der Waals surface area contributed by atoms with E-state index in [0.29, 0.717) is 0 Å². The van der Waals surface area contributed by atoms with Gasteiger partial charge in [-0.2, -0.15) is 0 Å². The van der Waals surface area contributed by atoms with Gasteiger partial charge in [-0.15, -0.1) is 0 Å². The van der Waals surface area contributed by atoms with Gasteiger partial charge in [-0.3, -0.25) is 4.79 Å². The van der Waals surface area contributed by atoms with E-state index in [2.05, 4.69) is 15.9 Å². The molecule has 2 nitrogen and oxygen atoms in total. The summed E-state index contributed by atoms with van der Waals surface area (Å²) in [4.78, 5) is 10.2. The monoisotopic (exact) mass is 250 g/mol. The van der Waals surface area contributed by atoms with Crippen LogP contribution in [0.1, 0.15) is 5.56 Å². The summed E-state index contributed by atoms with van der Waals surface area (Å²) in [5, 5.41) is 8.35. The second-order valence-electron chi connectivity index (χ2n) is 2.43. The Hall–Kier alpha value is -0.970. The van der Waals surface area contributed by atoms with Crippen LogP contribution in [0.25, 0.3) is 0 Å². The Morgan fingerprint density at radius 2 is 2.00 bits per heavy atom. The lowest BCUT2D eigenvalue weighted by Crippen LogP contribution is -2.03. The van der Waals surface area contributed by atoms with E-state index in [1.807, 2.05) is 0 Å². The molecule has 0 aliphatic carbocycles. The van der Waals surface area contributed by atoms with Crippen molar-refractivity contribution >= 4 is 21.9 Å². The van der Waals surface area contributed by atoms with Crippen molar-refractivity contribution in [3.05, 3.63) is 33.8 Å². The number of carboxylic acids is 1. The maximum atomic E-state index is 12.9. The molecular formula is C8H5BrF2O2. The molecule has 0 unspecified atom stereocenters. The zero-order chi connectivity index (χ0) is 10.0. The molecule has 0 spiro atoms. The summed E-state index contributed by atoms with van der Waals surface area (Å²) in [7, 11) is 0. The molecule has 0 aliphatic rings. The first kappa shape index (κ1) is 10.1. The van der Waals surface area contributed by atoms with Crippen molar-refractivity contribution in [2.45, 2.75) is 6.42 Å². The van der Waals surface area contributed by atoms with Gasteiger partial charge in [-0.1, -0.05) is 0 Å². The molecule has 0 aliphatic heterocycles. The Morgan fingerprint density at radius 1 is 1.38 bits per heavy atom. The summed E-state index contributed by atoms with van der Waals surface area (Å²) >= 11 is 2.78. The van der Waals surface area contributed by atoms with Crippen LogP contribution in [0.2, 0.25) is 0 Å². The third-order valence-electron chi connectivity index (χ3n) is 1.43. The predicted octanol–water partition coefficient (Wildman–Crippen LogP) is 2.35. The fraction of sp³-hybridized carbons (Fsp3) is 0.125. The maximum absolute atomic E-state index is 12.9. The highest BCUT2D eigenvalue weighted by molar-refractivity contribution is 9.10. The van der Waals surface area contributed by atoms with Crippen molar-refractivity contribution in [2.75, 3.05) is 0 Å². The van der Waals surface area contributed by atoms with Crippen LogP contribution >= 0.6 is 15.9 Å². The second-order valence-corrected chi connectivity index (χ2v) is 3.28. The van der Waals surface area contributed by atoms with E-state index in [-0.39, 0.29) is 10.0 Å². The molecule has 0 radical (unpaired) electrons. The molecule has 0 saturated heterocycles. The van der Waals surface area contributed by atoms with Crippen molar-refractivity contribution < 1.29 is 18.7 Å². The molecule has 0 fully saturated rings. The Bertz CT molecular complexity index is 352. The van der Waals surface area contributed by atoms with Crippen LogP contribution in [0.3, 0.4) is 0 Å². The SMILES string of the molecule is O=C(O)Cc1cc(F)c(Br)cc1F. The van der Waals surface area contributed by atoms with Gasteiger partial charge in [0, 0.05) is 5.56 Å². The largest absolute Gasteiger partial charge is 0.481 e. The molecule has 0 bridgehead atoms. The molecule has 0 amide bonds. The molecule has 1 N–H and O–H groups in total. The van der Waals surface area contributed by atoms with Gasteiger partial charge < -0.3 is 5.11 Å². The zero-order valence-corrected chi connectivity index (χ0v) is 7.94. The first-order chi connectivity index (χ1) is 6.00. The van der Waals surface area contributed by atoms with Gasteiger partial charge in [0.15, 0.2) is 0 Å². The fourth-order valence-electron chi connectivity index (χ4n) is 0.862. The van der Waals surface area contributed by atoms with E-state index in [4.69, 9.17) is 5.11 Å². The molecular weight excluding hydrogens is 246 g/mol. The van der Waals surface area contributed by atoms with Crippen LogP contribution < -0.4 is 0 Å². The van der Waals surface area contributed by atoms with Gasteiger partial charge in [-0.05, 0) is 28.1 Å². The van der Waals surface area contributed by atoms with Crippen molar-refractivity contribution in [2.24, 2.45) is 0 Å². The Labute approximate surface area is 81.3 Å². The lowest BCUT2D eigenvalue weighted by atomic mass is 10.1. The number of halogens is 3. The molecule has 1 aromatic rings. The average Bonchev–Trinajstić information content (AvgIpc) is 1.99. The van der Waals surface area contributed by atoms with E-state index in [1.54, 1.807) is 0 Å². The average molecular weight is 251 g/mol. The first-order valence-electron chi connectivity index (χ1n) is 3.36. The number of carbonyl (C=O) groups is 1. The van der Waals surface area contributed by atoms with Crippen molar-refractivity contribution in [1.82, 2.24) is 0 Å². The van der Waals surface area contributed by atoms with E-state index in [9.17, 15) is 13.6 Å². The van der Waals surface area contributed by atoms with Crippen LogP contribution in [0.5, 0.6) is 0 Å². The molecule has 0 saturated carbocycles. The molecule has 5 heteroatoms. The van der Waals surface area contributed by atoms with Gasteiger partial charge in [0.1, 0.15) is 11.6 Å². The van der Waals surface area contributed by atoms with E-state index >= 15 is 0 Å². The lowest BCUT2D eigenvalue weighted by molar-refractivity contribution is -0.136. The molecule has 1 rings (SSSR count).